The van der Waals surface area contributed by atoms with Crippen molar-refractivity contribution in [1.82, 2.24) is 5.32 Å². The van der Waals surface area contributed by atoms with E-state index in [2.05, 4.69) is 19.2 Å². The van der Waals surface area contributed by atoms with E-state index in [4.69, 9.17) is 28.9 Å². The number of rotatable bonds is 5. The molecule has 0 radical (unpaired) electrons. The smallest absolute Gasteiger partial charge is 0.251 e. The summed E-state index contributed by atoms with van der Waals surface area (Å²) < 4.78 is 0. The summed E-state index contributed by atoms with van der Waals surface area (Å²) in [6.45, 7) is 4.96. The molecule has 100 valence electrons. The first kappa shape index (κ1) is 15.1. The van der Waals surface area contributed by atoms with Crippen molar-refractivity contribution in [2.75, 3.05) is 12.3 Å². The maximum atomic E-state index is 11.8. The zero-order valence-electron chi connectivity index (χ0n) is 10.6. The van der Waals surface area contributed by atoms with Gasteiger partial charge in [0.05, 0.1) is 15.7 Å². The molecule has 1 aromatic carbocycles. The van der Waals surface area contributed by atoms with Crippen LogP contribution in [0.15, 0.2) is 12.1 Å². The topological polar surface area (TPSA) is 55.1 Å². The number of hydrogen-bond donors (Lipinski definition) is 2. The zero-order valence-corrected chi connectivity index (χ0v) is 12.1. The third kappa shape index (κ3) is 4.39. The van der Waals surface area contributed by atoms with E-state index in [9.17, 15) is 4.79 Å². The maximum Gasteiger partial charge on any atom is 0.251 e. The van der Waals surface area contributed by atoms with Crippen LogP contribution in [0.1, 0.15) is 37.0 Å². The molecule has 0 aliphatic heterocycles. The van der Waals surface area contributed by atoms with Crippen LogP contribution in [0.2, 0.25) is 10.0 Å². The van der Waals surface area contributed by atoms with Crippen LogP contribution in [0, 0.1) is 5.92 Å². The van der Waals surface area contributed by atoms with Crippen molar-refractivity contribution in [3.8, 4) is 0 Å². The van der Waals surface area contributed by atoms with E-state index >= 15 is 0 Å². The van der Waals surface area contributed by atoms with Gasteiger partial charge in [-0.3, -0.25) is 4.79 Å². The van der Waals surface area contributed by atoms with Crippen molar-refractivity contribution in [3.63, 3.8) is 0 Å². The summed E-state index contributed by atoms with van der Waals surface area (Å²) in [5.74, 6) is 0.463. The third-order valence-corrected chi connectivity index (χ3v) is 3.21. The molecule has 3 nitrogen and oxygen atoms in total. The number of anilines is 1. The van der Waals surface area contributed by atoms with Gasteiger partial charge in [0.15, 0.2) is 0 Å². The standard InChI is InChI=1S/C13H18Cl2N2O/c1-8(2)4-3-5-17-13(18)9-6-10(14)12(16)11(15)7-9/h6-8H,3-5,16H2,1-2H3,(H,17,18). The minimum Gasteiger partial charge on any atom is -0.396 e. The number of nitrogens with one attached hydrogen (secondary N) is 1. The molecule has 0 aliphatic carbocycles. The molecule has 1 rings (SSSR count). The summed E-state index contributed by atoms with van der Waals surface area (Å²) in [6, 6.07) is 3.06. The van der Waals surface area contributed by atoms with Gasteiger partial charge in [0.1, 0.15) is 0 Å². The summed E-state index contributed by atoms with van der Waals surface area (Å²) in [5, 5.41) is 3.43. The second-order valence-corrected chi connectivity index (χ2v) is 5.46. The van der Waals surface area contributed by atoms with E-state index in [0.717, 1.165) is 12.8 Å². The number of carbonyl (C=O) groups excluding carboxylic acids is 1. The van der Waals surface area contributed by atoms with Gasteiger partial charge in [-0.05, 0) is 30.9 Å². The van der Waals surface area contributed by atoms with Crippen LogP contribution in [0.3, 0.4) is 0 Å². The van der Waals surface area contributed by atoms with E-state index in [1.54, 1.807) is 0 Å². The molecular formula is C13H18Cl2N2O. The van der Waals surface area contributed by atoms with E-state index in [1.165, 1.54) is 12.1 Å². The van der Waals surface area contributed by atoms with Gasteiger partial charge in [-0.15, -0.1) is 0 Å². The lowest BCUT2D eigenvalue weighted by Gasteiger charge is -2.08. The highest BCUT2D eigenvalue weighted by Gasteiger charge is 2.10. The normalized spacial score (nSPS) is 10.7. The van der Waals surface area contributed by atoms with Crippen molar-refractivity contribution >= 4 is 34.8 Å². The molecule has 3 N–H and O–H groups in total. The van der Waals surface area contributed by atoms with Crippen LogP contribution in [0.4, 0.5) is 5.69 Å². The second kappa shape index (κ2) is 6.86. The fraction of sp³-hybridized carbons (Fsp3) is 0.462. The van der Waals surface area contributed by atoms with Gasteiger partial charge in [0, 0.05) is 12.1 Å². The van der Waals surface area contributed by atoms with E-state index in [0.29, 0.717) is 33.8 Å². The lowest BCUT2D eigenvalue weighted by molar-refractivity contribution is 0.0952. The Hall–Kier alpha value is -0.930. The monoisotopic (exact) mass is 288 g/mol. The van der Waals surface area contributed by atoms with Gasteiger partial charge in [-0.2, -0.15) is 0 Å². The second-order valence-electron chi connectivity index (χ2n) is 4.65. The Morgan fingerprint density at radius 2 is 1.89 bits per heavy atom. The fourth-order valence-electron chi connectivity index (χ4n) is 1.53. The molecule has 0 saturated heterocycles. The molecule has 0 spiro atoms. The molecule has 0 bridgehead atoms. The predicted molar refractivity (Wildman–Crippen MR) is 77.3 cm³/mol. The number of nitrogens with two attached hydrogens (primary N) is 1. The Kier molecular flexibility index (Phi) is 5.76. The molecular weight excluding hydrogens is 271 g/mol. The molecule has 1 amide bonds. The Balaban J connectivity index is 2.57. The van der Waals surface area contributed by atoms with Crippen molar-refractivity contribution < 1.29 is 4.79 Å². The van der Waals surface area contributed by atoms with E-state index in [-0.39, 0.29) is 5.91 Å². The molecule has 0 atom stereocenters. The minimum atomic E-state index is -0.178. The zero-order chi connectivity index (χ0) is 13.7. The Morgan fingerprint density at radius 3 is 2.39 bits per heavy atom. The van der Waals surface area contributed by atoms with Crippen molar-refractivity contribution in [2.45, 2.75) is 26.7 Å². The lowest BCUT2D eigenvalue weighted by atomic mass is 10.1. The van der Waals surface area contributed by atoms with Crippen LogP contribution in [-0.4, -0.2) is 12.5 Å². The lowest BCUT2D eigenvalue weighted by Crippen LogP contribution is -2.24. The van der Waals surface area contributed by atoms with Gasteiger partial charge in [0.2, 0.25) is 0 Å². The Bertz CT molecular complexity index is 410. The average molecular weight is 289 g/mol. The van der Waals surface area contributed by atoms with Crippen LogP contribution in [0.5, 0.6) is 0 Å². The molecule has 18 heavy (non-hydrogen) atoms. The molecule has 0 aromatic heterocycles. The SMILES string of the molecule is CC(C)CCCNC(=O)c1cc(Cl)c(N)c(Cl)c1. The number of benzene rings is 1. The van der Waals surface area contributed by atoms with Crippen LogP contribution < -0.4 is 11.1 Å². The van der Waals surface area contributed by atoms with Crippen molar-refractivity contribution in [3.05, 3.63) is 27.7 Å². The van der Waals surface area contributed by atoms with Gasteiger partial charge >= 0.3 is 0 Å². The molecule has 1 aromatic rings. The van der Waals surface area contributed by atoms with Gasteiger partial charge < -0.3 is 11.1 Å². The number of halogens is 2. The summed E-state index contributed by atoms with van der Waals surface area (Å²) >= 11 is 11.8. The summed E-state index contributed by atoms with van der Waals surface area (Å²) in [6.07, 6.45) is 2.05. The van der Waals surface area contributed by atoms with Crippen molar-refractivity contribution in [2.24, 2.45) is 5.92 Å². The number of amides is 1. The summed E-state index contributed by atoms with van der Waals surface area (Å²) in [7, 11) is 0. The number of hydrogen-bond acceptors (Lipinski definition) is 2. The predicted octanol–water partition coefficient (Wildman–Crippen LogP) is 3.74. The summed E-state index contributed by atoms with van der Waals surface area (Å²) in [5.41, 5.74) is 6.34. The molecule has 0 unspecified atom stereocenters. The highest BCUT2D eigenvalue weighted by atomic mass is 35.5. The number of carbonyl (C=O) groups is 1. The third-order valence-electron chi connectivity index (χ3n) is 2.59. The fourth-order valence-corrected chi connectivity index (χ4v) is 2.02. The van der Waals surface area contributed by atoms with Crippen LogP contribution in [-0.2, 0) is 0 Å². The Morgan fingerprint density at radius 1 is 1.33 bits per heavy atom. The van der Waals surface area contributed by atoms with Gasteiger partial charge in [-0.1, -0.05) is 37.0 Å². The Labute approximate surface area is 118 Å². The largest absolute Gasteiger partial charge is 0.396 e. The highest BCUT2D eigenvalue weighted by Crippen LogP contribution is 2.28. The summed E-state index contributed by atoms with van der Waals surface area (Å²) in [4.78, 5) is 11.8. The quantitative estimate of drug-likeness (QED) is 0.641. The van der Waals surface area contributed by atoms with Gasteiger partial charge in [-0.25, -0.2) is 0 Å². The molecule has 0 fully saturated rings. The average Bonchev–Trinajstić information content (AvgIpc) is 2.30. The molecule has 0 aliphatic rings. The molecule has 5 heteroatoms. The maximum absolute atomic E-state index is 11.8. The first-order valence-electron chi connectivity index (χ1n) is 5.94. The van der Waals surface area contributed by atoms with E-state index in [1.807, 2.05) is 0 Å². The first-order chi connectivity index (χ1) is 8.41. The molecule has 0 heterocycles. The van der Waals surface area contributed by atoms with Crippen molar-refractivity contribution in [1.29, 1.82) is 0 Å². The number of nitrogen functional groups attached to an aromatic ring is 1. The first-order valence-corrected chi connectivity index (χ1v) is 6.70. The van der Waals surface area contributed by atoms with Crippen LogP contribution >= 0.6 is 23.2 Å². The van der Waals surface area contributed by atoms with Crippen LogP contribution in [0.25, 0.3) is 0 Å². The van der Waals surface area contributed by atoms with E-state index < -0.39 is 0 Å². The highest BCUT2D eigenvalue weighted by molar-refractivity contribution is 6.39. The molecule has 0 saturated carbocycles. The minimum absolute atomic E-state index is 0.178. The van der Waals surface area contributed by atoms with Gasteiger partial charge in [0.25, 0.3) is 5.91 Å².